The fourth-order valence-corrected chi connectivity index (χ4v) is 1.25. The Morgan fingerprint density at radius 2 is 2.00 bits per heavy atom. The first-order chi connectivity index (χ1) is 8.07. The monoisotopic (exact) mass is 261 g/mol. The van der Waals surface area contributed by atoms with E-state index in [2.05, 4.69) is 11.9 Å². The summed E-state index contributed by atoms with van der Waals surface area (Å²) in [5.41, 5.74) is 0.338. The summed E-state index contributed by atoms with van der Waals surface area (Å²) in [4.78, 5) is 22.0. The summed E-state index contributed by atoms with van der Waals surface area (Å²) in [5.74, 6) is 0.504. The van der Waals surface area contributed by atoms with Crippen molar-refractivity contribution in [3.05, 3.63) is 12.2 Å². The van der Waals surface area contributed by atoms with Gasteiger partial charge in [0.15, 0.2) is 0 Å². The number of hydrogen-bond donors (Lipinski definition) is 1. The molecule has 0 unspecified atom stereocenters. The van der Waals surface area contributed by atoms with Gasteiger partial charge in [0, 0.05) is 5.57 Å². The zero-order chi connectivity index (χ0) is 13.1. The van der Waals surface area contributed by atoms with Gasteiger partial charge in [-0.05, 0) is 25.4 Å². The third kappa shape index (κ3) is 9.74. The van der Waals surface area contributed by atoms with Gasteiger partial charge in [-0.1, -0.05) is 6.58 Å². The van der Waals surface area contributed by atoms with Crippen LogP contribution in [0.15, 0.2) is 12.2 Å². The Balaban J connectivity index is 3.39. The van der Waals surface area contributed by atoms with Crippen LogP contribution in [-0.2, 0) is 14.3 Å². The van der Waals surface area contributed by atoms with Crippen LogP contribution in [0.5, 0.6) is 0 Å². The van der Waals surface area contributed by atoms with E-state index in [0.717, 1.165) is 12.2 Å². The first-order valence-electron chi connectivity index (χ1n) is 5.30. The van der Waals surface area contributed by atoms with E-state index in [9.17, 15) is 9.59 Å². The number of esters is 1. The van der Waals surface area contributed by atoms with Crippen molar-refractivity contribution in [2.45, 2.75) is 13.3 Å². The Morgan fingerprint density at radius 3 is 2.59 bits per heavy atom. The molecule has 0 rings (SSSR count). The first kappa shape index (κ1) is 15.8. The number of nitrogens with one attached hydrogen (secondary N) is 1. The highest BCUT2D eigenvalue weighted by Crippen LogP contribution is 1.95. The van der Waals surface area contributed by atoms with E-state index >= 15 is 0 Å². The van der Waals surface area contributed by atoms with Crippen LogP contribution in [0, 0.1) is 0 Å². The van der Waals surface area contributed by atoms with Crippen molar-refractivity contribution in [2.24, 2.45) is 0 Å². The molecule has 0 aromatic carbocycles. The van der Waals surface area contributed by atoms with Crippen LogP contribution in [0.3, 0.4) is 0 Å². The summed E-state index contributed by atoms with van der Waals surface area (Å²) < 4.78 is 9.66. The first-order valence-corrected chi connectivity index (χ1v) is 6.69. The Kier molecular flexibility index (Phi) is 9.33. The van der Waals surface area contributed by atoms with Crippen LogP contribution >= 0.6 is 11.8 Å². The van der Waals surface area contributed by atoms with Crippen LogP contribution in [0.25, 0.3) is 0 Å². The molecular weight excluding hydrogens is 242 g/mol. The summed E-state index contributed by atoms with van der Waals surface area (Å²) in [6.07, 6.45) is 2.34. The van der Waals surface area contributed by atoms with Gasteiger partial charge in [-0.3, -0.25) is 0 Å². The molecule has 0 atom stereocenters. The quantitative estimate of drug-likeness (QED) is 0.408. The van der Waals surface area contributed by atoms with Crippen LogP contribution in [0.4, 0.5) is 4.79 Å². The van der Waals surface area contributed by atoms with Crippen LogP contribution in [0.1, 0.15) is 13.3 Å². The molecule has 0 aliphatic rings. The summed E-state index contributed by atoms with van der Waals surface area (Å²) in [7, 11) is 0. The maximum absolute atomic E-state index is 11.1. The van der Waals surface area contributed by atoms with E-state index in [1.165, 1.54) is 0 Å². The van der Waals surface area contributed by atoms with E-state index in [-0.39, 0.29) is 13.2 Å². The molecule has 0 aromatic heterocycles. The fraction of sp³-hybridized carbons (Fsp3) is 0.636. The minimum absolute atomic E-state index is 0.117. The molecule has 5 nitrogen and oxygen atoms in total. The second-order valence-corrected chi connectivity index (χ2v) is 4.31. The Hall–Kier alpha value is -1.17. The van der Waals surface area contributed by atoms with Crippen LogP contribution in [-0.4, -0.2) is 43.8 Å². The van der Waals surface area contributed by atoms with Crippen molar-refractivity contribution in [1.29, 1.82) is 0 Å². The lowest BCUT2D eigenvalue weighted by Crippen LogP contribution is -2.29. The number of amides is 1. The van der Waals surface area contributed by atoms with Crippen molar-refractivity contribution in [3.63, 3.8) is 0 Å². The second-order valence-electron chi connectivity index (χ2n) is 3.33. The molecule has 0 aliphatic carbocycles. The van der Waals surface area contributed by atoms with Gasteiger partial charge in [-0.15, -0.1) is 0 Å². The van der Waals surface area contributed by atoms with Gasteiger partial charge >= 0.3 is 12.1 Å². The molecule has 98 valence electrons. The molecule has 0 radical (unpaired) electrons. The normalized spacial score (nSPS) is 9.53. The molecule has 6 heteroatoms. The van der Waals surface area contributed by atoms with Crippen LogP contribution in [0.2, 0.25) is 0 Å². The summed E-state index contributed by atoms with van der Waals surface area (Å²) in [6.45, 7) is 5.76. The lowest BCUT2D eigenvalue weighted by molar-refractivity contribution is -0.138. The van der Waals surface area contributed by atoms with Gasteiger partial charge < -0.3 is 14.8 Å². The summed E-state index contributed by atoms with van der Waals surface area (Å²) >= 11 is 1.70. The largest absolute Gasteiger partial charge is 0.460 e. The number of carbonyl (C=O) groups is 2. The number of carbonyl (C=O) groups excluding carboxylic acids is 2. The van der Waals surface area contributed by atoms with E-state index in [4.69, 9.17) is 9.47 Å². The van der Waals surface area contributed by atoms with E-state index in [1.807, 2.05) is 6.26 Å². The van der Waals surface area contributed by atoms with Crippen molar-refractivity contribution < 1.29 is 19.1 Å². The Bertz CT molecular complexity index is 268. The van der Waals surface area contributed by atoms with E-state index < -0.39 is 12.1 Å². The molecule has 0 heterocycles. The molecule has 0 saturated carbocycles. The third-order valence-corrected chi connectivity index (χ3v) is 2.38. The van der Waals surface area contributed by atoms with E-state index in [1.54, 1.807) is 18.7 Å². The highest BCUT2D eigenvalue weighted by atomic mass is 32.2. The molecule has 0 bridgehead atoms. The number of hydrogen-bond acceptors (Lipinski definition) is 5. The van der Waals surface area contributed by atoms with Crippen molar-refractivity contribution in [1.82, 2.24) is 5.32 Å². The molecule has 0 aromatic rings. The Morgan fingerprint density at radius 1 is 1.29 bits per heavy atom. The van der Waals surface area contributed by atoms with Gasteiger partial charge in [0.05, 0.1) is 13.2 Å². The van der Waals surface area contributed by atoms with Gasteiger partial charge in [0.2, 0.25) is 0 Å². The summed E-state index contributed by atoms with van der Waals surface area (Å²) in [6, 6.07) is 0. The second kappa shape index (κ2) is 10.0. The highest BCUT2D eigenvalue weighted by molar-refractivity contribution is 7.98. The maximum atomic E-state index is 11.1. The average Bonchev–Trinajstić information content (AvgIpc) is 2.29. The zero-order valence-electron chi connectivity index (χ0n) is 10.3. The van der Waals surface area contributed by atoms with Gasteiger partial charge in [0.25, 0.3) is 0 Å². The van der Waals surface area contributed by atoms with Gasteiger partial charge in [-0.25, -0.2) is 9.59 Å². The van der Waals surface area contributed by atoms with E-state index in [0.29, 0.717) is 12.2 Å². The number of alkyl carbamates (subject to hydrolysis) is 1. The van der Waals surface area contributed by atoms with Crippen molar-refractivity contribution >= 4 is 23.8 Å². The predicted molar refractivity (Wildman–Crippen MR) is 68.1 cm³/mol. The molecule has 0 fully saturated rings. The molecule has 1 amide bonds. The molecule has 1 N–H and O–H groups in total. The molecule has 0 saturated heterocycles. The standard InChI is InChI=1S/C11H19NO4S/c1-9(2)10(13)15-7-5-12-11(14)16-6-4-8-17-3/h1,4-8H2,2-3H3,(H,12,14). The van der Waals surface area contributed by atoms with Gasteiger partial charge in [0.1, 0.15) is 6.61 Å². The maximum Gasteiger partial charge on any atom is 0.407 e. The number of thioether (sulfide) groups is 1. The summed E-state index contributed by atoms with van der Waals surface area (Å²) in [5, 5.41) is 2.48. The molecule has 0 spiro atoms. The average molecular weight is 261 g/mol. The minimum atomic E-state index is -0.488. The predicted octanol–water partition coefficient (Wildman–Crippen LogP) is 1.58. The molecule has 0 aliphatic heterocycles. The Labute approximate surface area is 106 Å². The fourth-order valence-electron chi connectivity index (χ4n) is 0.839. The topological polar surface area (TPSA) is 64.6 Å². The van der Waals surface area contributed by atoms with Crippen molar-refractivity contribution in [3.8, 4) is 0 Å². The third-order valence-electron chi connectivity index (χ3n) is 1.68. The van der Waals surface area contributed by atoms with Gasteiger partial charge in [-0.2, -0.15) is 11.8 Å². The van der Waals surface area contributed by atoms with Crippen molar-refractivity contribution in [2.75, 3.05) is 31.8 Å². The molecule has 17 heavy (non-hydrogen) atoms. The number of ether oxygens (including phenoxy) is 2. The minimum Gasteiger partial charge on any atom is -0.460 e. The van der Waals surface area contributed by atoms with Crippen LogP contribution < -0.4 is 5.32 Å². The lowest BCUT2D eigenvalue weighted by Gasteiger charge is -2.07. The molecular formula is C11H19NO4S. The zero-order valence-corrected chi connectivity index (χ0v) is 11.1. The number of rotatable bonds is 8. The highest BCUT2D eigenvalue weighted by Gasteiger charge is 2.04. The smallest absolute Gasteiger partial charge is 0.407 e. The SMILES string of the molecule is C=C(C)C(=O)OCCNC(=O)OCCCSC. The lowest BCUT2D eigenvalue weighted by atomic mass is 10.4.